The van der Waals surface area contributed by atoms with E-state index in [2.05, 4.69) is 0 Å². The van der Waals surface area contributed by atoms with Gasteiger partial charge in [-0.25, -0.2) is 0 Å². The first kappa shape index (κ1) is 83.1. The van der Waals surface area contributed by atoms with Crippen LogP contribution in [0.1, 0.15) is 0 Å². The topological polar surface area (TPSA) is 137 Å². The van der Waals surface area contributed by atoms with Gasteiger partial charge in [-0.1, -0.05) is 0 Å². The molecule has 0 saturated carbocycles. The van der Waals surface area contributed by atoms with Gasteiger partial charge in [-0.05, 0) is 0 Å². The normalized spacial score (nSPS) is 1.88. The summed E-state index contributed by atoms with van der Waals surface area (Å²) in [4.78, 5) is 64.0. The van der Waals surface area contributed by atoms with Gasteiger partial charge >= 0.3 is 0 Å². The van der Waals surface area contributed by atoms with Crippen molar-refractivity contribution in [2.75, 3.05) is 0 Å². The van der Waals surface area contributed by atoms with Crippen molar-refractivity contribution in [3.05, 3.63) is 0 Å². The summed E-state index contributed by atoms with van der Waals surface area (Å²) in [5.41, 5.74) is 0. The first-order valence-corrected chi connectivity index (χ1v) is 2.31. The Labute approximate surface area is 110 Å². The standard InChI is InChI=1S/8CH2O.Co/c8*1-2;/h8*1H2;. The van der Waals surface area contributed by atoms with Crippen LogP contribution in [-0.4, -0.2) is 54.3 Å². The fraction of sp³-hybridized carbons (Fsp3) is 0. The first-order valence-electron chi connectivity index (χ1n) is 2.31. The molecule has 0 aliphatic rings. The van der Waals surface area contributed by atoms with E-state index in [0.717, 1.165) is 0 Å². The molecular formula is C8H16CoO8. The average molecular weight is 299 g/mol. The SMILES string of the molecule is C=O.C=O.C=O.C=O.C=O.C=O.C=O.C=O.[Co]. The predicted octanol–water partition coefficient (Wildman–Crippen LogP) is -1.48. The fourth-order valence-electron chi connectivity index (χ4n) is 0. The molecule has 8 nitrogen and oxygen atoms in total. The van der Waals surface area contributed by atoms with Crippen molar-refractivity contribution in [1.82, 2.24) is 0 Å². The van der Waals surface area contributed by atoms with E-state index in [9.17, 15) is 0 Å². The van der Waals surface area contributed by atoms with Crippen molar-refractivity contribution in [3.63, 3.8) is 0 Å². The van der Waals surface area contributed by atoms with E-state index in [1.54, 1.807) is 0 Å². The van der Waals surface area contributed by atoms with Gasteiger partial charge in [0, 0.05) is 16.8 Å². The largest absolute Gasteiger partial charge is 0.307 e. The zero-order valence-electron chi connectivity index (χ0n) is 9.26. The van der Waals surface area contributed by atoms with Gasteiger partial charge in [0.05, 0.1) is 0 Å². The van der Waals surface area contributed by atoms with Crippen molar-refractivity contribution < 1.29 is 55.1 Å². The van der Waals surface area contributed by atoms with Gasteiger partial charge in [-0.2, -0.15) is 0 Å². The molecule has 17 heavy (non-hydrogen) atoms. The van der Waals surface area contributed by atoms with Crippen LogP contribution in [-0.2, 0) is 55.1 Å². The Morgan fingerprint density at radius 1 is 0.235 bits per heavy atom. The van der Waals surface area contributed by atoms with Crippen LogP contribution in [0, 0.1) is 0 Å². The Morgan fingerprint density at radius 3 is 0.235 bits per heavy atom. The maximum Gasteiger partial charge on any atom is 0.106 e. The van der Waals surface area contributed by atoms with Crippen LogP contribution in [0.25, 0.3) is 0 Å². The molecule has 0 amide bonds. The van der Waals surface area contributed by atoms with Crippen molar-refractivity contribution >= 4 is 54.3 Å². The molecule has 0 heterocycles. The third-order valence-electron chi connectivity index (χ3n) is 0. The quantitative estimate of drug-likeness (QED) is 0.528. The molecule has 0 N–H and O–H groups in total. The van der Waals surface area contributed by atoms with E-state index < -0.39 is 0 Å². The van der Waals surface area contributed by atoms with E-state index in [0.29, 0.717) is 0 Å². The van der Waals surface area contributed by atoms with Crippen LogP contribution >= 0.6 is 0 Å². The molecule has 0 rings (SSSR count). The first-order chi connectivity index (χ1) is 8.00. The summed E-state index contributed by atoms with van der Waals surface area (Å²) in [7, 11) is 0. The van der Waals surface area contributed by atoms with Gasteiger partial charge in [0.25, 0.3) is 0 Å². The molecule has 105 valence electrons. The maximum absolute atomic E-state index is 8.00. The van der Waals surface area contributed by atoms with Crippen LogP contribution in [0.15, 0.2) is 0 Å². The van der Waals surface area contributed by atoms with Crippen LogP contribution in [0.4, 0.5) is 0 Å². The van der Waals surface area contributed by atoms with Crippen molar-refractivity contribution in [1.29, 1.82) is 0 Å². The van der Waals surface area contributed by atoms with E-state index in [1.165, 1.54) is 0 Å². The summed E-state index contributed by atoms with van der Waals surface area (Å²) in [6.45, 7) is 16.0. The van der Waals surface area contributed by atoms with E-state index in [1.807, 2.05) is 54.3 Å². The van der Waals surface area contributed by atoms with Gasteiger partial charge in [-0.15, -0.1) is 0 Å². The van der Waals surface area contributed by atoms with E-state index >= 15 is 0 Å². The number of carbonyl (C=O) groups is 8. The van der Waals surface area contributed by atoms with Crippen LogP contribution < -0.4 is 0 Å². The minimum atomic E-state index is 0. The average Bonchev–Trinajstić information content (AvgIpc) is 2.54. The molecule has 0 aromatic heterocycles. The third kappa shape index (κ3) is 429. The molecule has 9 heteroatoms. The molecule has 0 aromatic carbocycles. The molecule has 0 unspecified atom stereocenters. The Bertz CT molecular complexity index is 45.5. The fourth-order valence-corrected chi connectivity index (χ4v) is 0. The second-order valence-corrected chi connectivity index (χ2v) is 0. The summed E-state index contributed by atoms with van der Waals surface area (Å²) in [6.07, 6.45) is 0. The Balaban J connectivity index is -0.00000000610. The smallest absolute Gasteiger partial charge is 0.106 e. The summed E-state index contributed by atoms with van der Waals surface area (Å²) in [6, 6.07) is 0. The van der Waals surface area contributed by atoms with Gasteiger partial charge in [0.1, 0.15) is 54.3 Å². The summed E-state index contributed by atoms with van der Waals surface area (Å²) in [5.74, 6) is 0. The van der Waals surface area contributed by atoms with Gasteiger partial charge in [0.2, 0.25) is 0 Å². The summed E-state index contributed by atoms with van der Waals surface area (Å²) < 4.78 is 0. The molecule has 0 aliphatic carbocycles. The number of hydrogen-bond acceptors (Lipinski definition) is 8. The van der Waals surface area contributed by atoms with Gasteiger partial charge in [-0.3, -0.25) is 0 Å². The van der Waals surface area contributed by atoms with Crippen LogP contribution in [0.5, 0.6) is 0 Å². The number of hydrogen-bond donors (Lipinski definition) is 0. The molecule has 0 fully saturated rings. The maximum atomic E-state index is 8.00. The van der Waals surface area contributed by atoms with Crippen LogP contribution in [0.2, 0.25) is 0 Å². The van der Waals surface area contributed by atoms with Crippen LogP contribution in [0.3, 0.4) is 0 Å². The zero-order chi connectivity index (χ0) is 16.0. The third-order valence-corrected chi connectivity index (χ3v) is 0. The van der Waals surface area contributed by atoms with Crippen molar-refractivity contribution in [3.8, 4) is 0 Å². The molecule has 0 bridgehead atoms. The molecular weight excluding hydrogens is 283 g/mol. The van der Waals surface area contributed by atoms with Gasteiger partial charge in [0.15, 0.2) is 0 Å². The Hall–Kier alpha value is -2.13. The Kier molecular flexibility index (Phi) is 2460. The minimum absolute atomic E-state index is 0. The number of rotatable bonds is 0. The summed E-state index contributed by atoms with van der Waals surface area (Å²) in [5, 5.41) is 0. The predicted molar refractivity (Wildman–Crippen MR) is 57.0 cm³/mol. The number of carbonyl (C=O) groups excluding carboxylic acids is 8. The second-order valence-electron chi connectivity index (χ2n) is 0. The molecule has 0 spiro atoms. The zero-order valence-corrected chi connectivity index (χ0v) is 10.3. The summed E-state index contributed by atoms with van der Waals surface area (Å²) >= 11 is 0. The second kappa shape index (κ2) is 504. The van der Waals surface area contributed by atoms with E-state index in [4.69, 9.17) is 38.4 Å². The molecule has 1 radical (unpaired) electrons. The van der Waals surface area contributed by atoms with Crippen molar-refractivity contribution in [2.24, 2.45) is 0 Å². The molecule has 0 saturated heterocycles. The van der Waals surface area contributed by atoms with E-state index in [-0.39, 0.29) is 16.8 Å². The van der Waals surface area contributed by atoms with Gasteiger partial charge < -0.3 is 38.4 Å². The molecule has 0 aliphatic heterocycles. The minimum Gasteiger partial charge on any atom is -0.307 e. The monoisotopic (exact) mass is 299 g/mol. The molecule has 0 aromatic rings. The Morgan fingerprint density at radius 2 is 0.235 bits per heavy atom. The molecule has 0 atom stereocenters. The van der Waals surface area contributed by atoms with Crippen molar-refractivity contribution in [2.45, 2.75) is 0 Å².